The molecule has 4 nitrogen and oxygen atoms in total. The van der Waals surface area contributed by atoms with Crippen LogP contribution >= 0.6 is 0 Å². The molecule has 2 N–H and O–H groups in total. The van der Waals surface area contributed by atoms with Crippen molar-refractivity contribution in [3.63, 3.8) is 0 Å². The zero-order chi connectivity index (χ0) is 10.9. The number of phenols is 1. The highest BCUT2D eigenvalue weighted by atomic mass is 16.3. The molecular formula is C11H11NO3. The predicted octanol–water partition coefficient (Wildman–Crippen LogP) is 1.08. The third-order valence-corrected chi connectivity index (χ3v) is 2.81. The number of nitrogens with zero attached hydrogens (tertiary/aromatic N) is 1. The summed E-state index contributed by atoms with van der Waals surface area (Å²) in [6, 6.07) is 6.72. The molecule has 1 fully saturated rings. The first kappa shape index (κ1) is 9.90. The van der Waals surface area contributed by atoms with E-state index in [0.717, 1.165) is 0 Å². The molecule has 0 radical (unpaired) electrons. The Morgan fingerprint density at radius 2 is 2.07 bits per heavy atom. The van der Waals surface area contributed by atoms with Gasteiger partial charge in [-0.25, -0.2) is 4.79 Å². The highest BCUT2D eigenvalue weighted by molar-refractivity contribution is 5.45. The molecule has 1 aromatic rings. The first-order valence-corrected chi connectivity index (χ1v) is 4.73. The van der Waals surface area contributed by atoms with Gasteiger partial charge in [0.05, 0.1) is 6.10 Å². The highest BCUT2D eigenvalue weighted by Gasteiger charge is 2.46. The van der Waals surface area contributed by atoms with E-state index in [1.807, 2.05) is 0 Å². The number of hydrogen-bond donors (Lipinski definition) is 2. The van der Waals surface area contributed by atoms with Crippen LogP contribution in [0.3, 0.4) is 0 Å². The maximum absolute atomic E-state index is 10.3. The fourth-order valence-electron chi connectivity index (χ4n) is 2.05. The Labute approximate surface area is 86.9 Å². The SMILES string of the molecule is O=C=NC1(c2ccccc2O)CC(O)C1. The van der Waals surface area contributed by atoms with Gasteiger partial charge < -0.3 is 10.2 Å². The summed E-state index contributed by atoms with van der Waals surface area (Å²) in [7, 11) is 0. The van der Waals surface area contributed by atoms with E-state index in [1.165, 1.54) is 6.08 Å². The smallest absolute Gasteiger partial charge is 0.235 e. The number of rotatable bonds is 2. The van der Waals surface area contributed by atoms with Gasteiger partial charge in [-0.2, -0.15) is 4.99 Å². The summed E-state index contributed by atoms with van der Waals surface area (Å²) in [5.74, 6) is 0.100. The van der Waals surface area contributed by atoms with Crippen molar-refractivity contribution >= 4 is 6.08 Å². The molecule has 0 aliphatic heterocycles. The Balaban J connectivity index is 2.43. The Kier molecular flexibility index (Phi) is 2.31. The van der Waals surface area contributed by atoms with Gasteiger partial charge in [-0.15, -0.1) is 0 Å². The van der Waals surface area contributed by atoms with E-state index in [0.29, 0.717) is 18.4 Å². The van der Waals surface area contributed by atoms with E-state index in [9.17, 15) is 15.0 Å². The monoisotopic (exact) mass is 205 g/mol. The van der Waals surface area contributed by atoms with E-state index in [4.69, 9.17) is 0 Å². The van der Waals surface area contributed by atoms with E-state index < -0.39 is 11.6 Å². The summed E-state index contributed by atoms with van der Waals surface area (Å²) in [6.45, 7) is 0. The van der Waals surface area contributed by atoms with Gasteiger partial charge in [-0.3, -0.25) is 0 Å². The van der Waals surface area contributed by atoms with Crippen LogP contribution in [0.4, 0.5) is 0 Å². The van der Waals surface area contributed by atoms with Gasteiger partial charge >= 0.3 is 0 Å². The van der Waals surface area contributed by atoms with Crippen LogP contribution < -0.4 is 0 Å². The normalized spacial score (nSPS) is 29.0. The van der Waals surface area contributed by atoms with Crippen LogP contribution in [0, 0.1) is 0 Å². The van der Waals surface area contributed by atoms with Gasteiger partial charge in [0.15, 0.2) is 0 Å². The number of aliphatic hydroxyl groups is 1. The molecule has 0 atom stereocenters. The molecule has 1 aliphatic carbocycles. The number of benzene rings is 1. The number of hydrogen-bond acceptors (Lipinski definition) is 4. The van der Waals surface area contributed by atoms with Crippen molar-refractivity contribution in [2.45, 2.75) is 24.5 Å². The molecule has 1 saturated carbocycles. The van der Waals surface area contributed by atoms with Crippen molar-refractivity contribution in [3.8, 4) is 5.75 Å². The molecule has 0 amide bonds. The summed E-state index contributed by atoms with van der Waals surface area (Å²) in [4.78, 5) is 14.1. The van der Waals surface area contributed by atoms with Gasteiger partial charge in [-0.1, -0.05) is 18.2 Å². The average Bonchev–Trinajstić information content (AvgIpc) is 2.16. The number of carbonyl (C=O) groups excluding carboxylic acids is 1. The molecule has 1 aromatic carbocycles. The molecule has 0 aromatic heterocycles. The molecule has 78 valence electrons. The number of aliphatic imine (C=N–C) groups is 1. The fraction of sp³-hybridized carbons (Fsp3) is 0.364. The van der Waals surface area contributed by atoms with Crippen molar-refractivity contribution in [2.75, 3.05) is 0 Å². The van der Waals surface area contributed by atoms with Crippen LogP contribution in [0.25, 0.3) is 0 Å². The number of aliphatic hydroxyl groups excluding tert-OH is 1. The van der Waals surface area contributed by atoms with Crippen LogP contribution in [-0.2, 0) is 10.3 Å². The van der Waals surface area contributed by atoms with Gasteiger partial charge in [0.1, 0.15) is 11.3 Å². The van der Waals surface area contributed by atoms with E-state index in [1.54, 1.807) is 24.3 Å². The summed E-state index contributed by atoms with van der Waals surface area (Å²) in [5, 5.41) is 18.9. The minimum absolute atomic E-state index is 0.100. The third kappa shape index (κ3) is 1.54. The summed E-state index contributed by atoms with van der Waals surface area (Å²) in [5.41, 5.74) is -0.189. The number of para-hydroxylation sites is 1. The number of aromatic hydroxyl groups is 1. The zero-order valence-corrected chi connectivity index (χ0v) is 8.05. The number of isocyanates is 1. The van der Waals surface area contributed by atoms with E-state index in [2.05, 4.69) is 4.99 Å². The largest absolute Gasteiger partial charge is 0.508 e. The molecular weight excluding hydrogens is 194 g/mol. The van der Waals surface area contributed by atoms with Crippen LogP contribution in [-0.4, -0.2) is 22.4 Å². The topological polar surface area (TPSA) is 69.9 Å². The zero-order valence-electron chi connectivity index (χ0n) is 8.05. The summed E-state index contributed by atoms with van der Waals surface area (Å²) in [6.07, 6.45) is 1.77. The molecule has 0 bridgehead atoms. The molecule has 2 rings (SSSR count). The lowest BCUT2D eigenvalue weighted by Gasteiger charge is -2.41. The Morgan fingerprint density at radius 3 is 2.60 bits per heavy atom. The molecule has 4 heteroatoms. The summed E-state index contributed by atoms with van der Waals surface area (Å²) >= 11 is 0. The molecule has 15 heavy (non-hydrogen) atoms. The first-order chi connectivity index (χ1) is 7.18. The second-order valence-electron chi connectivity index (χ2n) is 3.81. The molecule has 1 aliphatic rings. The van der Waals surface area contributed by atoms with Crippen molar-refractivity contribution in [1.29, 1.82) is 0 Å². The third-order valence-electron chi connectivity index (χ3n) is 2.81. The second kappa shape index (κ2) is 3.50. The molecule has 0 spiro atoms. The quantitative estimate of drug-likeness (QED) is 0.560. The van der Waals surface area contributed by atoms with E-state index in [-0.39, 0.29) is 5.75 Å². The Hall–Kier alpha value is -1.64. The molecule has 0 unspecified atom stereocenters. The van der Waals surface area contributed by atoms with Crippen LogP contribution in [0.5, 0.6) is 5.75 Å². The Morgan fingerprint density at radius 1 is 1.40 bits per heavy atom. The maximum Gasteiger partial charge on any atom is 0.235 e. The van der Waals surface area contributed by atoms with Crippen LogP contribution in [0.2, 0.25) is 0 Å². The van der Waals surface area contributed by atoms with Crippen LogP contribution in [0.15, 0.2) is 29.3 Å². The lowest BCUT2D eigenvalue weighted by atomic mass is 9.70. The first-order valence-electron chi connectivity index (χ1n) is 4.73. The van der Waals surface area contributed by atoms with Gasteiger partial charge in [-0.05, 0) is 6.07 Å². The minimum Gasteiger partial charge on any atom is -0.508 e. The fourth-order valence-corrected chi connectivity index (χ4v) is 2.05. The van der Waals surface area contributed by atoms with Crippen molar-refractivity contribution < 1.29 is 15.0 Å². The highest BCUT2D eigenvalue weighted by Crippen LogP contribution is 2.47. The Bertz CT molecular complexity index is 418. The van der Waals surface area contributed by atoms with Crippen molar-refractivity contribution in [1.82, 2.24) is 0 Å². The predicted molar refractivity (Wildman–Crippen MR) is 53.1 cm³/mol. The van der Waals surface area contributed by atoms with Gasteiger partial charge in [0.2, 0.25) is 6.08 Å². The second-order valence-corrected chi connectivity index (χ2v) is 3.81. The molecule has 0 saturated heterocycles. The minimum atomic E-state index is -0.771. The lowest BCUT2D eigenvalue weighted by Crippen LogP contribution is -2.43. The average molecular weight is 205 g/mol. The standard InChI is InChI=1S/C11H11NO3/c13-7-12-11(5-8(14)6-11)9-3-1-2-4-10(9)15/h1-4,8,14-15H,5-6H2. The summed E-state index contributed by atoms with van der Waals surface area (Å²) < 4.78 is 0. The maximum atomic E-state index is 10.3. The van der Waals surface area contributed by atoms with Gasteiger partial charge in [0.25, 0.3) is 0 Å². The number of phenolic OH excluding ortho intramolecular Hbond substituents is 1. The molecule has 0 heterocycles. The lowest BCUT2D eigenvalue weighted by molar-refractivity contribution is 0.0213. The van der Waals surface area contributed by atoms with E-state index >= 15 is 0 Å². The van der Waals surface area contributed by atoms with Gasteiger partial charge in [0, 0.05) is 18.4 Å². The van der Waals surface area contributed by atoms with Crippen LogP contribution in [0.1, 0.15) is 18.4 Å². The van der Waals surface area contributed by atoms with Crippen molar-refractivity contribution in [3.05, 3.63) is 29.8 Å². The van der Waals surface area contributed by atoms with Crippen molar-refractivity contribution in [2.24, 2.45) is 4.99 Å².